The minimum atomic E-state index is -0.193. The molecule has 0 amide bonds. The third-order valence-corrected chi connectivity index (χ3v) is 8.98. The lowest BCUT2D eigenvalue weighted by molar-refractivity contribution is -0.143. The highest BCUT2D eigenvalue weighted by Crippen LogP contribution is 2.34. The SMILES string of the molecule is CCOC(=O)CC(Cc1csc(CCCc2ccc3c(n2)NCCC3)n1)c1cnc(-c2ccc(Cl)cc2)s1. The van der Waals surface area contributed by atoms with Gasteiger partial charge < -0.3 is 10.1 Å². The van der Waals surface area contributed by atoms with Gasteiger partial charge in [0.25, 0.3) is 0 Å². The second kappa shape index (κ2) is 12.8. The first kappa shape index (κ1) is 26.8. The van der Waals surface area contributed by atoms with Gasteiger partial charge in [0.1, 0.15) is 10.8 Å². The standard InChI is InChI=1S/C29H31ClN4O2S2/c1-2-36-27(35)16-21(25-17-32-29(38-25)20-8-11-22(30)12-9-20)15-24-18-37-26(33-24)7-3-6-23-13-10-19-5-4-14-31-28(19)34-23/h8-13,17-18,21H,2-7,14-16H2,1H3,(H,31,34). The van der Waals surface area contributed by atoms with E-state index in [9.17, 15) is 4.79 Å². The number of nitrogens with one attached hydrogen (secondary N) is 1. The number of fused-ring (bicyclic) bond motifs is 1. The van der Waals surface area contributed by atoms with Gasteiger partial charge in [0.15, 0.2) is 0 Å². The van der Waals surface area contributed by atoms with Crippen molar-refractivity contribution in [2.75, 3.05) is 18.5 Å². The minimum Gasteiger partial charge on any atom is -0.466 e. The Bertz CT molecular complexity index is 1370. The molecule has 1 atom stereocenters. The molecule has 9 heteroatoms. The average molecular weight is 567 g/mol. The summed E-state index contributed by atoms with van der Waals surface area (Å²) < 4.78 is 5.27. The summed E-state index contributed by atoms with van der Waals surface area (Å²) in [6.45, 7) is 3.22. The fraction of sp³-hybridized carbons (Fsp3) is 0.379. The Hall–Kier alpha value is -2.81. The van der Waals surface area contributed by atoms with E-state index < -0.39 is 0 Å². The maximum atomic E-state index is 12.4. The van der Waals surface area contributed by atoms with E-state index in [1.807, 2.05) is 37.4 Å². The van der Waals surface area contributed by atoms with Crippen LogP contribution in [-0.2, 0) is 35.2 Å². The number of carbonyl (C=O) groups is 1. The topological polar surface area (TPSA) is 77.0 Å². The Labute approximate surface area is 236 Å². The van der Waals surface area contributed by atoms with Crippen LogP contribution in [0.5, 0.6) is 0 Å². The molecule has 0 fully saturated rings. The lowest BCUT2D eigenvalue weighted by atomic mass is 9.98. The Morgan fingerprint density at radius 1 is 1.13 bits per heavy atom. The minimum absolute atomic E-state index is 0.0326. The number of anilines is 1. The van der Waals surface area contributed by atoms with Crippen LogP contribution in [0.15, 0.2) is 48.0 Å². The molecule has 1 aliphatic heterocycles. The van der Waals surface area contributed by atoms with Gasteiger partial charge in [-0.3, -0.25) is 4.79 Å². The van der Waals surface area contributed by atoms with Crippen molar-refractivity contribution < 1.29 is 9.53 Å². The number of nitrogens with zero attached hydrogens (tertiary/aromatic N) is 3. The number of esters is 1. The molecular formula is C29H31ClN4O2S2. The third-order valence-electron chi connectivity index (χ3n) is 6.57. The first-order valence-electron chi connectivity index (χ1n) is 13.1. The van der Waals surface area contributed by atoms with Crippen LogP contribution in [0.25, 0.3) is 10.6 Å². The largest absolute Gasteiger partial charge is 0.466 e. The molecule has 198 valence electrons. The summed E-state index contributed by atoms with van der Waals surface area (Å²) in [5, 5.41) is 8.27. The molecule has 0 radical (unpaired) electrons. The van der Waals surface area contributed by atoms with Gasteiger partial charge in [-0.15, -0.1) is 22.7 Å². The summed E-state index contributed by atoms with van der Waals surface area (Å²) in [5.74, 6) is 0.830. The smallest absolute Gasteiger partial charge is 0.306 e. The summed E-state index contributed by atoms with van der Waals surface area (Å²) in [6.07, 6.45) is 8.00. The Morgan fingerprint density at radius 3 is 2.84 bits per heavy atom. The molecule has 0 aliphatic carbocycles. The molecule has 6 nitrogen and oxygen atoms in total. The molecule has 3 aromatic heterocycles. The van der Waals surface area contributed by atoms with Crippen LogP contribution in [-0.4, -0.2) is 34.1 Å². The Morgan fingerprint density at radius 2 is 2.00 bits per heavy atom. The molecule has 4 heterocycles. The van der Waals surface area contributed by atoms with E-state index in [0.29, 0.717) is 24.5 Å². The maximum Gasteiger partial charge on any atom is 0.306 e. The predicted molar refractivity (Wildman–Crippen MR) is 155 cm³/mol. The Balaban J connectivity index is 1.22. The Kier molecular flexibility index (Phi) is 9.04. The summed E-state index contributed by atoms with van der Waals surface area (Å²) in [7, 11) is 0. The lowest BCUT2D eigenvalue weighted by Gasteiger charge is -2.17. The summed E-state index contributed by atoms with van der Waals surface area (Å²) in [5.41, 5.74) is 4.48. The van der Waals surface area contributed by atoms with Gasteiger partial charge in [0.2, 0.25) is 0 Å². The van der Waals surface area contributed by atoms with Crippen molar-refractivity contribution in [1.29, 1.82) is 0 Å². The van der Waals surface area contributed by atoms with Crippen molar-refractivity contribution in [3.8, 4) is 10.6 Å². The molecular weight excluding hydrogens is 536 g/mol. The zero-order valence-electron chi connectivity index (χ0n) is 21.4. The van der Waals surface area contributed by atoms with E-state index in [2.05, 4.69) is 27.8 Å². The monoisotopic (exact) mass is 566 g/mol. The second-order valence-electron chi connectivity index (χ2n) is 9.41. The van der Waals surface area contributed by atoms with Gasteiger partial charge in [-0.05, 0) is 69.2 Å². The number of aromatic nitrogens is 3. The number of hydrogen-bond donors (Lipinski definition) is 1. The van der Waals surface area contributed by atoms with Crippen molar-refractivity contribution in [3.05, 3.63) is 79.8 Å². The van der Waals surface area contributed by atoms with Crippen molar-refractivity contribution >= 4 is 46.1 Å². The van der Waals surface area contributed by atoms with E-state index in [1.54, 1.807) is 22.7 Å². The second-order valence-corrected chi connectivity index (χ2v) is 11.9. The summed E-state index contributed by atoms with van der Waals surface area (Å²) in [4.78, 5) is 27.8. The van der Waals surface area contributed by atoms with Crippen molar-refractivity contribution in [2.24, 2.45) is 0 Å². The number of halogens is 1. The molecule has 38 heavy (non-hydrogen) atoms. The van der Waals surface area contributed by atoms with Crippen molar-refractivity contribution in [2.45, 2.75) is 57.8 Å². The van der Waals surface area contributed by atoms with E-state index >= 15 is 0 Å². The number of rotatable bonds is 11. The molecule has 0 saturated heterocycles. The normalized spacial score (nSPS) is 13.5. The molecule has 5 rings (SSSR count). The average Bonchev–Trinajstić information content (AvgIpc) is 3.59. The maximum absolute atomic E-state index is 12.4. The highest BCUT2D eigenvalue weighted by atomic mass is 35.5. The van der Waals surface area contributed by atoms with Gasteiger partial charge >= 0.3 is 5.97 Å². The van der Waals surface area contributed by atoms with Crippen LogP contribution in [0.1, 0.15) is 58.9 Å². The number of carbonyl (C=O) groups excluding carboxylic acids is 1. The van der Waals surface area contributed by atoms with Crippen LogP contribution in [0.4, 0.5) is 5.82 Å². The van der Waals surface area contributed by atoms with Gasteiger partial charge in [-0.1, -0.05) is 29.8 Å². The van der Waals surface area contributed by atoms with Crippen LogP contribution >= 0.6 is 34.3 Å². The highest BCUT2D eigenvalue weighted by molar-refractivity contribution is 7.15. The fourth-order valence-corrected chi connectivity index (χ4v) is 6.63. The number of hydrogen-bond acceptors (Lipinski definition) is 8. The van der Waals surface area contributed by atoms with E-state index in [-0.39, 0.29) is 11.9 Å². The van der Waals surface area contributed by atoms with Gasteiger partial charge in [-0.2, -0.15) is 0 Å². The molecule has 0 spiro atoms. The zero-order valence-corrected chi connectivity index (χ0v) is 23.8. The third kappa shape index (κ3) is 6.98. The van der Waals surface area contributed by atoms with Crippen molar-refractivity contribution in [1.82, 2.24) is 15.0 Å². The van der Waals surface area contributed by atoms with Crippen LogP contribution in [0.3, 0.4) is 0 Å². The van der Waals surface area contributed by atoms with Gasteiger partial charge in [0.05, 0.1) is 23.7 Å². The first-order chi connectivity index (χ1) is 18.6. The van der Waals surface area contributed by atoms with Crippen LogP contribution < -0.4 is 5.32 Å². The van der Waals surface area contributed by atoms with Gasteiger partial charge in [-0.25, -0.2) is 15.0 Å². The van der Waals surface area contributed by atoms with Gasteiger partial charge in [0, 0.05) is 45.2 Å². The zero-order chi connectivity index (χ0) is 26.3. The molecule has 1 aromatic carbocycles. The molecule has 1 N–H and O–H groups in total. The summed E-state index contributed by atoms with van der Waals surface area (Å²) in [6, 6.07) is 12.0. The van der Waals surface area contributed by atoms with Crippen LogP contribution in [0, 0.1) is 0 Å². The van der Waals surface area contributed by atoms with E-state index in [0.717, 1.165) is 69.9 Å². The number of benzene rings is 1. The van der Waals surface area contributed by atoms with E-state index in [1.165, 1.54) is 12.0 Å². The number of pyridine rings is 1. The number of ether oxygens (including phenoxy) is 1. The quantitative estimate of drug-likeness (QED) is 0.195. The molecule has 0 saturated carbocycles. The number of thiazole rings is 2. The highest BCUT2D eigenvalue weighted by Gasteiger charge is 2.22. The molecule has 1 aliphatic rings. The lowest BCUT2D eigenvalue weighted by Crippen LogP contribution is -2.14. The first-order valence-corrected chi connectivity index (χ1v) is 15.2. The van der Waals surface area contributed by atoms with Crippen LogP contribution in [0.2, 0.25) is 5.02 Å². The molecule has 0 bridgehead atoms. The van der Waals surface area contributed by atoms with E-state index in [4.69, 9.17) is 26.3 Å². The fourth-order valence-electron chi connectivity index (χ4n) is 4.63. The molecule has 4 aromatic rings. The summed E-state index contributed by atoms with van der Waals surface area (Å²) >= 11 is 9.34. The van der Waals surface area contributed by atoms with Crippen molar-refractivity contribution in [3.63, 3.8) is 0 Å². The number of aryl methyl sites for hydroxylation is 3. The molecule has 1 unspecified atom stereocenters. The predicted octanol–water partition coefficient (Wildman–Crippen LogP) is 7.13.